The van der Waals surface area contributed by atoms with E-state index < -0.39 is 0 Å². The minimum Gasteiger partial charge on any atom is -0.322 e. The van der Waals surface area contributed by atoms with Crippen LogP contribution in [0.1, 0.15) is 24.8 Å². The first-order valence-corrected chi connectivity index (χ1v) is 9.56. The smallest absolute Gasteiger partial charge is 0.250 e. The molecule has 0 radical (unpaired) electrons. The van der Waals surface area contributed by atoms with E-state index in [0.29, 0.717) is 0 Å². The third kappa shape index (κ3) is 3.58. The van der Waals surface area contributed by atoms with Crippen LogP contribution in [0, 0.1) is 0 Å². The van der Waals surface area contributed by atoms with Gasteiger partial charge in [0.2, 0.25) is 0 Å². The van der Waals surface area contributed by atoms with Crippen molar-refractivity contribution in [2.45, 2.75) is 31.7 Å². The summed E-state index contributed by atoms with van der Waals surface area (Å²) < 4.78 is 0. The summed E-state index contributed by atoms with van der Waals surface area (Å²) >= 11 is 0. The molecule has 0 N–H and O–H groups in total. The Morgan fingerprint density at radius 1 is 0.923 bits per heavy atom. The van der Waals surface area contributed by atoms with Crippen LogP contribution in [-0.2, 0) is 11.2 Å². The molecule has 2 aromatic rings. The largest absolute Gasteiger partial charge is 0.322 e. The van der Waals surface area contributed by atoms with Crippen LogP contribution in [0.5, 0.6) is 0 Å². The average Bonchev–Trinajstić information content (AvgIpc) is 3.28. The van der Waals surface area contributed by atoms with Crippen molar-refractivity contribution in [2.75, 3.05) is 19.8 Å². The number of nitrogens with zero attached hydrogens (tertiary/aromatic N) is 2. The number of benzene rings is 2. The minimum absolute atomic E-state index is 0.141. The molecule has 2 aliphatic rings. The second kappa shape index (κ2) is 7.46. The molecule has 1 amide bonds. The molecule has 4 rings (SSSR count). The van der Waals surface area contributed by atoms with Gasteiger partial charge >= 0.3 is 0 Å². The summed E-state index contributed by atoms with van der Waals surface area (Å²) in [6.07, 6.45) is 4.17. The van der Waals surface area contributed by atoms with Crippen LogP contribution >= 0.6 is 0 Å². The van der Waals surface area contributed by atoms with E-state index in [2.05, 4.69) is 60.0 Å². The van der Waals surface area contributed by atoms with Gasteiger partial charge in [-0.1, -0.05) is 61.2 Å². The van der Waals surface area contributed by atoms with Crippen LogP contribution < -0.4 is 0 Å². The maximum absolute atomic E-state index is 12.5. The summed E-state index contributed by atoms with van der Waals surface area (Å²) in [5, 5.41) is 0. The van der Waals surface area contributed by atoms with Crippen molar-refractivity contribution in [3.63, 3.8) is 0 Å². The number of carbonyl (C=O) groups excluding carboxylic acids is 1. The fourth-order valence-electron chi connectivity index (χ4n) is 4.09. The summed E-state index contributed by atoms with van der Waals surface area (Å²) in [5.74, 6) is 0.141. The van der Waals surface area contributed by atoms with E-state index in [9.17, 15) is 4.79 Å². The third-order valence-electron chi connectivity index (χ3n) is 5.57. The Kier molecular flexibility index (Phi) is 4.89. The Morgan fingerprint density at radius 3 is 2.27 bits per heavy atom. The Morgan fingerprint density at radius 2 is 1.58 bits per heavy atom. The fourth-order valence-corrected chi connectivity index (χ4v) is 4.09. The lowest BCUT2D eigenvalue weighted by molar-refractivity contribution is -0.128. The lowest BCUT2D eigenvalue weighted by Gasteiger charge is -2.29. The second-order valence-corrected chi connectivity index (χ2v) is 7.47. The highest BCUT2D eigenvalue weighted by Gasteiger charge is 2.35. The maximum Gasteiger partial charge on any atom is 0.250 e. The number of likely N-dealkylation sites (tertiary alicyclic amines) is 2. The van der Waals surface area contributed by atoms with Gasteiger partial charge in [0.1, 0.15) is 0 Å². The van der Waals surface area contributed by atoms with Crippen molar-refractivity contribution >= 4 is 5.91 Å². The number of amides is 1. The molecule has 0 spiro atoms. The van der Waals surface area contributed by atoms with Crippen LogP contribution in [-0.4, -0.2) is 41.5 Å². The van der Waals surface area contributed by atoms with Gasteiger partial charge in [0, 0.05) is 11.6 Å². The first-order valence-electron chi connectivity index (χ1n) is 9.56. The van der Waals surface area contributed by atoms with E-state index in [-0.39, 0.29) is 11.9 Å². The van der Waals surface area contributed by atoms with Crippen molar-refractivity contribution < 1.29 is 4.79 Å². The van der Waals surface area contributed by atoms with Crippen molar-refractivity contribution in [3.05, 3.63) is 72.3 Å². The zero-order valence-corrected chi connectivity index (χ0v) is 15.2. The van der Waals surface area contributed by atoms with Gasteiger partial charge in [-0.25, -0.2) is 0 Å². The van der Waals surface area contributed by atoms with E-state index in [4.69, 9.17) is 0 Å². The molecule has 2 saturated heterocycles. The van der Waals surface area contributed by atoms with Crippen LogP contribution in [0.3, 0.4) is 0 Å². The summed E-state index contributed by atoms with van der Waals surface area (Å²) in [7, 11) is 0. The van der Waals surface area contributed by atoms with E-state index in [0.717, 1.165) is 38.2 Å². The van der Waals surface area contributed by atoms with Crippen LogP contribution in [0.2, 0.25) is 0 Å². The number of rotatable bonds is 5. The molecule has 0 aromatic heterocycles. The number of hydrogen-bond donors (Lipinski definition) is 0. The molecule has 3 heteroatoms. The fraction of sp³-hybridized carbons (Fsp3) is 0.348. The summed E-state index contributed by atoms with van der Waals surface area (Å²) in [5.41, 5.74) is 4.51. The molecule has 1 unspecified atom stereocenters. The van der Waals surface area contributed by atoms with Gasteiger partial charge < -0.3 is 4.90 Å². The molecule has 0 aliphatic carbocycles. The highest BCUT2D eigenvalue weighted by atomic mass is 16.2. The van der Waals surface area contributed by atoms with Crippen LogP contribution in [0.4, 0.5) is 0 Å². The van der Waals surface area contributed by atoms with E-state index in [1.54, 1.807) is 0 Å². The molecular formula is C23H26N2O. The highest BCUT2D eigenvalue weighted by molar-refractivity contribution is 5.95. The second-order valence-electron chi connectivity index (χ2n) is 7.47. The predicted octanol–water partition coefficient (Wildman–Crippen LogP) is 4.11. The molecule has 3 nitrogen and oxygen atoms in total. The Labute approximate surface area is 155 Å². The van der Waals surface area contributed by atoms with E-state index in [1.165, 1.54) is 29.5 Å². The molecule has 2 aliphatic heterocycles. The van der Waals surface area contributed by atoms with Crippen molar-refractivity contribution in [2.24, 2.45) is 0 Å². The molecule has 2 fully saturated rings. The maximum atomic E-state index is 12.5. The zero-order valence-electron chi connectivity index (χ0n) is 15.2. The number of hydrogen-bond acceptors (Lipinski definition) is 2. The minimum atomic E-state index is 0.141. The molecule has 1 atom stereocenters. The quantitative estimate of drug-likeness (QED) is 0.761. The Hall–Kier alpha value is -2.39. The van der Waals surface area contributed by atoms with Gasteiger partial charge in [-0.2, -0.15) is 0 Å². The first-order chi connectivity index (χ1) is 12.7. The molecular weight excluding hydrogens is 320 g/mol. The number of carbonyl (C=O) groups is 1. The summed E-state index contributed by atoms with van der Waals surface area (Å²) in [6.45, 7) is 6.96. The van der Waals surface area contributed by atoms with Gasteiger partial charge in [-0.3, -0.25) is 9.69 Å². The monoisotopic (exact) mass is 346 g/mol. The van der Waals surface area contributed by atoms with Gasteiger partial charge in [0.15, 0.2) is 0 Å². The van der Waals surface area contributed by atoms with Gasteiger partial charge in [-0.15, -0.1) is 0 Å². The molecule has 0 bridgehead atoms. The first kappa shape index (κ1) is 17.0. The van der Waals surface area contributed by atoms with Crippen LogP contribution in [0.15, 0.2) is 66.7 Å². The van der Waals surface area contributed by atoms with Crippen molar-refractivity contribution in [3.8, 4) is 11.1 Å². The molecule has 2 heterocycles. The van der Waals surface area contributed by atoms with E-state index in [1.807, 2.05) is 11.0 Å². The SMILES string of the molecule is C=C1CC(Cc2ccc(-c3ccccc3)cc2)N(CN2CCCC2)C1=O. The normalized spacial score (nSPS) is 20.9. The molecule has 2 aromatic carbocycles. The summed E-state index contributed by atoms with van der Waals surface area (Å²) in [6, 6.07) is 19.4. The lowest BCUT2D eigenvalue weighted by atomic mass is 9.99. The summed E-state index contributed by atoms with van der Waals surface area (Å²) in [4.78, 5) is 17.0. The third-order valence-corrected chi connectivity index (χ3v) is 5.57. The van der Waals surface area contributed by atoms with E-state index >= 15 is 0 Å². The molecule has 0 saturated carbocycles. The Balaban J connectivity index is 1.46. The highest BCUT2D eigenvalue weighted by Crippen LogP contribution is 2.28. The Bertz CT molecular complexity index is 776. The van der Waals surface area contributed by atoms with Gasteiger partial charge in [0.05, 0.1) is 6.67 Å². The molecule has 26 heavy (non-hydrogen) atoms. The van der Waals surface area contributed by atoms with Gasteiger partial charge in [-0.05, 0) is 55.5 Å². The van der Waals surface area contributed by atoms with Gasteiger partial charge in [0.25, 0.3) is 5.91 Å². The zero-order chi connectivity index (χ0) is 17.9. The average molecular weight is 346 g/mol. The lowest BCUT2D eigenvalue weighted by Crippen LogP contribution is -2.42. The standard InChI is InChI=1S/C23H26N2O/c1-18-15-22(25(23(18)26)17-24-13-5-6-14-24)16-19-9-11-21(12-10-19)20-7-3-2-4-8-20/h2-4,7-12,22H,1,5-6,13-17H2. The molecule has 134 valence electrons. The van der Waals surface area contributed by atoms with Crippen LogP contribution in [0.25, 0.3) is 11.1 Å². The van der Waals surface area contributed by atoms with Crippen molar-refractivity contribution in [1.29, 1.82) is 0 Å². The topological polar surface area (TPSA) is 23.6 Å². The van der Waals surface area contributed by atoms with Crippen molar-refractivity contribution in [1.82, 2.24) is 9.80 Å². The predicted molar refractivity (Wildman–Crippen MR) is 106 cm³/mol.